The van der Waals surface area contributed by atoms with Crippen LogP contribution in [0, 0.1) is 0 Å². The van der Waals surface area contributed by atoms with Gasteiger partial charge in [0.15, 0.2) is 0 Å². The van der Waals surface area contributed by atoms with Gasteiger partial charge in [-0.25, -0.2) is 0 Å². The van der Waals surface area contributed by atoms with Crippen LogP contribution in [0.25, 0.3) is 0 Å². The molecule has 1 aliphatic heterocycles. The predicted octanol–water partition coefficient (Wildman–Crippen LogP) is 1.63. The minimum absolute atomic E-state index is 0.537. The molecule has 1 heterocycles. The van der Waals surface area contributed by atoms with Crippen LogP contribution in [0.5, 0.6) is 0 Å². The highest BCUT2D eigenvalue weighted by Gasteiger charge is 2.17. The second kappa shape index (κ2) is 2.16. The lowest BCUT2D eigenvalue weighted by molar-refractivity contribution is 0.840. The number of nitrogens with two attached hydrogens (primary N) is 1. The molecule has 1 aromatic rings. The molecule has 1 aliphatic rings. The molecule has 0 amide bonds. The Kier molecular flexibility index (Phi) is 1.28. The van der Waals surface area contributed by atoms with Gasteiger partial charge in [0.2, 0.25) is 0 Å². The summed E-state index contributed by atoms with van der Waals surface area (Å²) < 4.78 is 0. The minimum Gasteiger partial charge on any atom is -0.398 e. The highest BCUT2D eigenvalue weighted by Crippen LogP contribution is 2.29. The largest absolute Gasteiger partial charge is 0.398 e. The molecule has 2 nitrogen and oxygen atoms in total. The van der Waals surface area contributed by atoms with Gasteiger partial charge in [-0.3, -0.25) is 0 Å². The summed E-state index contributed by atoms with van der Waals surface area (Å²) in [5.74, 6) is 0. The number of nitrogens with one attached hydrogen (secondary N) is 1. The van der Waals surface area contributed by atoms with Crippen molar-refractivity contribution in [3.05, 3.63) is 23.8 Å². The van der Waals surface area contributed by atoms with E-state index < -0.39 is 0 Å². The van der Waals surface area contributed by atoms with E-state index in [0.717, 1.165) is 12.1 Å². The average Bonchev–Trinajstić information content (AvgIpc) is 2.31. The smallest absolute Gasteiger partial charge is 0.0396 e. The predicted molar refractivity (Wildman–Crippen MR) is 47.6 cm³/mol. The number of hydrogen-bond acceptors (Lipinski definition) is 2. The molecular formula is C9H12N2. The van der Waals surface area contributed by atoms with Crippen LogP contribution in [0.2, 0.25) is 0 Å². The Morgan fingerprint density at radius 1 is 1.55 bits per heavy atom. The summed E-state index contributed by atoms with van der Waals surface area (Å²) in [6.45, 7) is 2.17. The molecule has 0 radical (unpaired) electrons. The number of hydrogen-bond donors (Lipinski definition) is 2. The molecule has 1 atom stereocenters. The number of nitrogen functional groups attached to an aromatic ring is 1. The Hall–Kier alpha value is -1.18. The Morgan fingerprint density at radius 2 is 2.36 bits per heavy atom. The quantitative estimate of drug-likeness (QED) is 0.549. The van der Waals surface area contributed by atoms with Crippen molar-refractivity contribution in [2.24, 2.45) is 0 Å². The summed E-state index contributed by atoms with van der Waals surface area (Å²) in [5, 5.41) is 3.36. The molecule has 11 heavy (non-hydrogen) atoms. The average molecular weight is 148 g/mol. The molecular weight excluding hydrogens is 136 g/mol. The first-order valence-corrected chi connectivity index (χ1v) is 3.91. The summed E-state index contributed by atoms with van der Waals surface area (Å²) in [4.78, 5) is 0. The molecule has 0 spiro atoms. The Bertz CT molecular complexity index is 281. The third-order valence-corrected chi connectivity index (χ3v) is 2.12. The maximum absolute atomic E-state index is 5.79. The molecule has 0 bridgehead atoms. The molecule has 0 saturated heterocycles. The van der Waals surface area contributed by atoms with Crippen LogP contribution >= 0.6 is 0 Å². The summed E-state index contributed by atoms with van der Waals surface area (Å²) in [5.41, 5.74) is 9.19. The zero-order valence-electron chi connectivity index (χ0n) is 6.59. The Labute approximate surface area is 66.4 Å². The molecule has 1 unspecified atom stereocenters. The number of rotatable bonds is 0. The van der Waals surface area contributed by atoms with Gasteiger partial charge >= 0.3 is 0 Å². The summed E-state index contributed by atoms with van der Waals surface area (Å²) in [6.07, 6.45) is 1.06. The topological polar surface area (TPSA) is 38.0 Å². The van der Waals surface area contributed by atoms with E-state index in [0.29, 0.717) is 6.04 Å². The standard InChI is InChI=1S/C9H12N2/c1-6-5-7-8(10)3-2-4-9(7)11-6/h2-4,6,11H,5,10H2,1H3. The lowest BCUT2D eigenvalue weighted by atomic mass is 10.1. The normalized spacial score (nSPS) is 21.0. The van der Waals surface area contributed by atoms with E-state index in [4.69, 9.17) is 5.73 Å². The van der Waals surface area contributed by atoms with Gasteiger partial charge in [0, 0.05) is 23.0 Å². The van der Waals surface area contributed by atoms with Crippen LogP contribution in [0.4, 0.5) is 11.4 Å². The van der Waals surface area contributed by atoms with E-state index in [1.54, 1.807) is 0 Å². The fourth-order valence-electron chi connectivity index (χ4n) is 1.59. The van der Waals surface area contributed by atoms with Crippen LogP contribution in [0.1, 0.15) is 12.5 Å². The zero-order valence-corrected chi connectivity index (χ0v) is 6.59. The van der Waals surface area contributed by atoms with E-state index in [1.807, 2.05) is 12.1 Å². The molecule has 2 heteroatoms. The number of fused-ring (bicyclic) bond motifs is 1. The lowest BCUT2D eigenvalue weighted by Gasteiger charge is -2.01. The van der Waals surface area contributed by atoms with Crippen molar-refractivity contribution < 1.29 is 0 Å². The van der Waals surface area contributed by atoms with Crippen LogP contribution in [-0.2, 0) is 6.42 Å². The summed E-state index contributed by atoms with van der Waals surface area (Å²) in [7, 11) is 0. The molecule has 1 aromatic carbocycles. The SMILES string of the molecule is CC1Cc2c(N)cccc2N1. The third-order valence-electron chi connectivity index (χ3n) is 2.12. The van der Waals surface area contributed by atoms with Crippen molar-refractivity contribution in [1.82, 2.24) is 0 Å². The highest BCUT2D eigenvalue weighted by molar-refractivity contribution is 5.67. The summed E-state index contributed by atoms with van der Waals surface area (Å²) >= 11 is 0. The van der Waals surface area contributed by atoms with Gasteiger partial charge in [-0.1, -0.05) is 6.07 Å². The van der Waals surface area contributed by atoms with E-state index in [1.165, 1.54) is 11.3 Å². The van der Waals surface area contributed by atoms with Gasteiger partial charge in [0.1, 0.15) is 0 Å². The van der Waals surface area contributed by atoms with Gasteiger partial charge in [0.05, 0.1) is 0 Å². The van der Waals surface area contributed by atoms with Crippen molar-refractivity contribution in [1.29, 1.82) is 0 Å². The van der Waals surface area contributed by atoms with Crippen LogP contribution in [0.15, 0.2) is 18.2 Å². The van der Waals surface area contributed by atoms with Gasteiger partial charge < -0.3 is 11.1 Å². The molecule has 58 valence electrons. The van der Waals surface area contributed by atoms with Crippen molar-refractivity contribution in [2.75, 3.05) is 11.1 Å². The van der Waals surface area contributed by atoms with Gasteiger partial charge in [-0.2, -0.15) is 0 Å². The molecule has 0 aliphatic carbocycles. The molecule has 0 saturated carbocycles. The maximum Gasteiger partial charge on any atom is 0.0396 e. The second-order valence-electron chi connectivity index (χ2n) is 3.12. The Balaban J connectivity index is 2.49. The highest BCUT2D eigenvalue weighted by atomic mass is 14.9. The lowest BCUT2D eigenvalue weighted by Crippen LogP contribution is -2.08. The maximum atomic E-state index is 5.79. The first-order valence-electron chi connectivity index (χ1n) is 3.91. The first kappa shape index (κ1) is 6.53. The van der Waals surface area contributed by atoms with E-state index >= 15 is 0 Å². The van der Waals surface area contributed by atoms with E-state index in [2.05, 4.69) is 18.3 Å². The van der Waals surface area contributed by atoms with Crippen LogP contribution in [-0.4, -0.2) is 6.04 Å². The third kappa shape index (κ3) is 0.946. The summed E-state index contributed by atoms with van der Waals surface area (Å²) in [6, 6.07) is 6.56. The Morgan fingerprint density at radius 3 is 3.09 bits per heavy atom. The van der Waals surface area contributed by atoms with Crippen molar-refractivity contribution in [2.45, 2.75) is 19.4 Å². The fraction of sp³-hybridized carbons (Fsp3) is 0.333. The van der Waals surface area contributed by atoms with Crippen LogP contribution < -0.4 is 11.1 Å². The molecule has 0 fully saturated rings. The first-order chi connectivity index (χ1) is 5.27. The zero-order chi connectivity index (χ0) is 7.84. The van der Waals surface area contributed by atoms with Crippen molar-refractivity contribution in [3.8, 4) is 0 Å². The van der Waals surface area contributed by atoms with Crippen molar-refractivity contribution in [3.63, 3.8) is 0 Å². The second-order valence-corrected chi connectivity index (χ2v) is 3.12. The number of benzene rings is 1. The minimum atomic E-state index is 0.537. The van der Waals surface area contributed by atoms with Crippen molar-refractivity contribution >= 4 is 11.4 Å². The number of anilines is 2. The van der Waals surface area contributed by atoms with Gasteiger partial charge in [-0.15, -0.1) is 0 Å². The molecule has 0 aromatic heterocycles. The van der Waals surface area contributed by atoms with Gasteiger partial charge in [-0.05, 0) is 25.5 Å². The van der Waals surface area contributed by atoms with E-state index in [-0.39, 0.29) is 0 Å². The van der Waals surface area contributed by atoms with Gasteiger partial charge in [0.25, 0.3) is 0 Å². The monoisotopic (exact) mass is 148 g/mol. The fourth-order valence-corrected chi connectivity index (χ4v) is 1.59. The van der Waals surface area contributed by atoms with Crippen LogP contribution in [0.3, 0.4) is 0 Å². The molecule has 2 rings (SSSR count). The molecule has 3 N–H and O–H groups in total. The van der Waals surface area contributed by atoms with E-state index in [9.17, 15) is 0 Å².